The number of carbonyl (C=O) groups excluding carboxylic acids is 2. The minimum absolute atomic E-state index is 0.269. The van der Waals surface area contributed by atoms with Gasteiger partial charge in [0.15, 0.2) is 5.82 Å². The molecule has 8 nitrogen and oxygen atoms in total. The molecule has 24 heavy (non-hydrogen) atoms. The summed E-state index contributed by atoms with van der Waals surface area (Å²) < 4.78 is 1.36. The van der Waals surface area contributed by atoms with Gasteiger partial charge in [0.1, 0.15) is 0 Å². The zero-order valence-electron chi connectivity index (χ0n) is 13.4. The van der Waals surface area contributed by atoms with Crippen molar-refractivity contribution in [2.45, 2.75) is 24.3 Å². The number of rotatable bonds is 4. The third kappa shape index (κ3) is 3.07. The van der Waals surface area contributed by atoms with E-state index in [2.05, 4.69) is 15.5 Å². The number of aryl methyl sites for hydroxylation is 1. The third-order valence-electron chi connectivity index (χ3n) is 3.73. The molecule has 3 rings (SSSR count). The van der Waals surface area contributed by atoms with E-state index in [1.54, 1.807) is 6.92 Å². The van der Waals surface area contributed by atoms with E-state index in [-0.39, 0.29) is 11.9 Å². The summed E-state index contributed by atoms with van der Waals surface area (Å²) in [6, 6.07) is 7.41. The first kappa shape index (κ1) is 16.3. The lowest BCUT2D eigenvalue weighted by molar-refractivity contribution is -0.126. The lowest BCUT2D eigenvalue weighted by atomic mass is 10.1. The number of amides is 3. The number of benzene rings is 1. The van der Waals surface area contributed by atoms with Crippen LogP contribution >= 0.6 is 11.8 Å². The molecule has 0 radical (unpaired) electrons. The molecule has 1 atom stereocenters. The van der Waals surface area contributed by atoms with Gasteiger partial charge in [0.05, 0.1) is 5.25 Å². The number of aromatic nitrogens is 3. The number of nitrogens with two attached hydrogens (primary N) is 1. The highest BCUT2D eigenvalue weighted by Gasteiger charge is 2.31. The van der Waals surface area contributed by atoms with Crippen molar-refractivity contribution in [3.8, 4) is 11.4 Å². The van der Waals surface area contributed by atoms with Crippen molar-refractivity contribution < 1.29 is 9.59 Å². The van der Waals surface area contributed by atoms with E-state index in [1.807, 2.05) is 31.2 Å². The maximum absolute atomic E-state index is 12.3. The Hall–Kier alpha value is -2.55. The predicted octanol–water partition coefficient (Wildman–Crippen LogP) is 1.000. The topological polar surface area (TPSA) is 106 Å². The Balaban J connectivity index is 1.75. The summed E-state index contributed by atoms with van der Waals surface area (Å²) in [6.07, 6.45) is 0. The van der Waals surface area contributed by atoms with Gasteiger partial charge < -0.3 is 11.2 Å². The second-order valence-corrected chi connectivity index (χ2v) is 6.83. The van der Waals surface area contributed by atoms with Crippen molar-refractivity contribution in [2.75, 3.05) is 18.9 Å². The molecule has 1 aromatic heterocycles. The molecule has 1 saturated heterocycles. The Morgan fingerprint density at radius 3 is 2.67 bits per heavy atom. The fourth-order valence-corrected chi connectivity index (χ4v) is 3.20. The molecule has 1 aromatic carbocycles. The average molecular weight is 346 g/mol. The van der Waals surface area contributed by atoms with Crippen LogP contribution in [0.15, 0.2) is 29.4 Å². The largest absolute Gasteiger partial charge is 0.336 e. The highest BCUT2D eigenvalue weighted by Crippen LogP contribution is 2.26. The summed E-state index contributed by atoms with van der Waals surface area (Å²) in [5.74, 6) is 6.32. The van der Waals surface area contributed by atoms with Crippen molar-refractivity contribution in [3.63, 3.8) is 0 Å². The number of nitrogens with one attached hydrogen (secondary N) is 1. The SMILES string of the molecule is Cc1ccc(-c2nnc(S[C@@H](C)C(=O)N3CCNC3=O)n2N)cc1. The van der Waals surface area contributed by atoms with Crippen LogP contribution in [0, 0.1) is 6.92 Å². The van der Waals surface area contributed by atoms with E-state index >= 15 is 0 Å². The molecule has 3 amide bonds. The quantitative estimate of drug-likeness (QED) is 0.632. The molecule has 1 fully saturated rings. The number of hydrogen-bond acceptors (Lipinski definition) is 6. The highest BCUT2D eigenvalue weighted by molar-refractivity contribution is 8.00. The molecular weight excluding hydrogens is 328 g/mol. The van der Waals surface area contributed by atoms with Crippen LogP contribution in [0.3, 0.4) is 0 Å². The third-order valence-corrected chi connectivity index (χ3v) is 4.77. The minimum atomic E-state index is -0.494. The van der Waals surface area contributed by atoms with Gasteiger partial charge in [-0.15, -0.1) is 10.2 Å². The maximum Gasteiger partial charge on any atom is 0.324 e. The van der Waals surface area contributed by atoms with Crippen LogP contribution < -0.4 is 11.2 Å². The molecule has 0 unspecified atom stereocenters. The predicted molar refractivity (Wildman–Crippen MR) is 90.8 cm³/mol. The smallest absolute Gasteiger partial charge is 0.324 e. The monoisotopic (exact) mass is 346 g/mol. The molecule has 2 heterocycles. The first-order valence-corrected chi connectivity index (χ1v) is 8.38. The van der Waals surface area contributed by atoms with E-state index < -0.39 is 5.25 Å². The van der Waals surface area contributed by atoms with E-state index in [0.29, 0.717) is 24.1 Å². The van der Waals surface area contributed by atoms with Crippen LogP contribution in [0.1, 0.15) is 12.5 Å². The maximum atomic E-state index is 12.3. The van der Waals surface area contributed by atoms with Gasteiger partial charge in [-0.25, -0.2) is 9.47 Å². The molecule has 0 aliphatic carbocycles. The van der Waals surface area contributed by atoms with Gasteiger partial charge in [0.25, 0.3) is 0 Å². The number of carbonyl (C=O) groups is 2. The van der Waals surface area contributed by atoms with Crippen LogP contribution in [-0.2, 0) is 4.79 Å². The normalized spacial score (nSPS) is 15.4. The van der Waals surface area contributed by atoms with Gasteiger partial charge >= 0.3 is 6.03 Å². The molecule has 3 N–H and O–H groups in total. The molecule has 1 aliphatic rings. The van der Waals surface area contributed by atoms with Gasteiger partial charge in [0.2, 0.25) is 11.1 Å². The number of imide groups is 1. The van der Waals surface area contributed by atoms with Crippen LogP contribution in [0.2, 0.25) is 0 Å². The van der Waals surface area contributed by atoms with E-state index in [1.165, 1.54) is 21.3 Å². The number of hydrogen-bond donors (Lipinski definition) is 2. The average Bonchev–Trinajstić information content (AvgIpc) is 3.14. The van der Waals surface area contributed by atoms with Crippen molar-refractivity contribution in [3.05, 3.63) is 29.8 Å². The summed E-state index contributed by atoms with van der Waals surface area (Å²) >= 11 is 1.18. The van der Waals surface area contributed by atoms with Gasteiger partial charge in [-0.1, -0.05) is 41.6 Å². The van der Waals surface area contributed by atoms with Gasteiger partial charge in [-0.3, -0.25) is 9.69 Å². The molecule has 2 aromatic rings. The van der Waals surface area contributed by atoms with Gasteiger partial charge in [-0.2, -0.15) is 0 Å². The van der Waals surface area contributed by atoms with E-state index in [4.69, 9.17) is 5.84 Å². The van der Waals surface area contributed by atoms with Crippen molar-refractivity contribution in [1.29, 1.82) is 0 Å². The number of thioether (sulfide) groups is 1. The number of urea groups is 1. The lowest BCUT2D eigenvalue weighted by Gasteiger charge is -2.16. The van der Waals surface area contributed by atoms with E-state index in [0.717, 1.165) is 11.1 Å². The van der Waals surface area contributed by atoms with Gasteiger partial charge in [0, 0.05) is 18.7 Å². The van der Waals surface area contributed by atoms with E-state index in [9.17, 15) is 9.59 Å². The Kier molecular flexibility index (Phi) is 4.43. The zero-order chi connectivity index (χ0) is 17.3. The summed E-state index contributed by atoms with van der Waals surface area (Å²) in [5.41, 5.74) is 1.99. The minimum Gasteiger partial charge on any atom is -0.336 e. The second-order valence-electron chi connectivity index (χ2n) is 5.52. The fraction of sp³-hybridized carbons (Fsp3) is 0.333. The molecule has 0 bridgehead atoms. The molecule has 1 aliphatic heterocycles. The van der Waals surface area contributed by atoms with Crippen LogP contribution in [-0.4, -0.2) is 50.1 Å². The molecule has 9 heteroatoms. The Bertz CT molecular complexity index is 773. The second kappa shape index (κ2) is 6.52. The Morgan fingerprint density at radius 2 is 2.04 bits per heavy atom. The molecule has 0 spiro atoms. The standard InChI is InChI=1S/C15H18N6O2S/c1-9-3-5-11(6-4-9)12-18-19-15(21(12)16)24-10(2)13(22)20-8-7-17-14(20)23/h3-6,10H,7-8,16H2,1-2H3,(H,17,23)/t10-/m0/s1. The Labute approximate surface area is 143 Å². The summed E-state index contributed by atoms with van der Waals surface area (Å²) in [6.45, 7) is 4.58. The fourth-order valence-electron chi connectivity index (χ4n) is 2.37. The van der Waals surface area contributed by atoms with Crippen LogP contribution in [0.5, 0.6) is 0 Å². The molecule has 126 valence electrons. The summed E-state index contributed by atoms with van der Waals surface area (Å²) in [5, 5.41) is 10.7. The number of nitrogens with zero attached hydrogens (tertiary/aromatic N) is 4. The first-order valence-electron chi connectivity index (χ1n) is 7.51. The van der Waals surface area contributed by atoms with Crippen LogP contribution in [0.4, 0.5) is 4.79 Å². The zero-order valence-corrected chi connectivity index (χ0v) is 14.2. The Morgan fingerprint density at radius 1 is 1.33 bits per heavy atom. The van der Waals surface area contributed by atoms with Crippen molar-refractivity contribution in [2.24, 2.45) is 0 Å². The van der Waals surface area contributed by atoms with Crippen molar-refractivity contribution in [1.82, 2.24) is 25.1 Å². The van der Waals surface area contributed by atoms with Crippen molar-refractivity contribution >= 4 is 23.7 Å². The highest BCUT2D eigenvalue weighted by atomic mass is 32.2. The lowest BCUT2D eigenvalue weighted by Crippen LogP contribution is -2.39. The summed E-state index contributed by atoms with van der Waals surface area (Å²) in [4.78, 5) is 25.1. The summed E-state index contributed by atoms with van der Waals surface area (Å²) in [7, 11) is 0. The van der Waals surface area contributed by atoms with Gasteiger partial charge in [-0.05, 0) is 13.8 Å². The molecular formula is C15H18N6O2S. The first-order chi connectivity index (χ1) is 11.5. The molecule has 0 saturated carbocycles. The van der Waals surface area contributed by atoms with Crippen LogP contribution in [0.25, 0.3) is 11.4 Å². The number of nitrogen functional groups attached to an aromatic ring is 1.